The SMILES string of the molecule is CC(C)[C@H](NCC(=O)N1CCC(c2nc3ccccc3s2)CC1)c1ccc2c(c1)OCCO2. The fourth-order valence-electron chi connectivity index (χ4n) is 4.74. The molecule has 1 fully saturated rings. The van der Waals surface area contributed by atoms with E-state index in [9.17, 15) is 4.79 Å². The molecule has 0 radical (unpaired) electrons. The van der Waals surface area contributed by atoms with E-state index in [1.807, 2.05) is 23.1 Å². The van der Waals surface area contributed by atoms with Crippen molar-refractivity contribution >= 4 is 27.5 Å². The van der Waals surface area contributed by atoms with Crippen LogP contribution < -0.4 is 14.8 Å². The molecule has 2 aromatic carbocycles. The van der Waals surface area contributed by atoms with Crippen LogP contribution in [0.25, 0.3) is 10.2 Å². The van der Waals surface area contributed by atoms with Crippen LogP contribution in [-0.2, 0) is 4.79 Å². The number of ether oxygens (including phenoxy) is 2. The number of nitrogens with zero attached hydrogens (tertiary/aromatic N) is 2. The highest BCUT2D eigenvalue weighted by molar-refractivity contribution is 7.18. The summed E-state index contributed by atoms with van der Waals surface area (Å²) in [5, 5.41) is 4.71. The molecule has 1 aromatic heterocycles. The van der Waals surface area contributed by atoms with E-state index in [2.05, 4.69) is 43.4 Å². The number of nitrogens with one attached hydrogen (secondary N) is 1. The molecule has 6 nitrogen and oxygen atoms in total. The van der Waals surface area contributed by atoms with Gasteiger partial charge in [0.1, 0.15) is 13.2 Å². The van der Waals surface area contributed by atoms with Crippen LogP contribution in [0, 0.1) is 5.92 Å². The van der Waals surface area contributed by atoms with Crippen molar-refractivity contribution in [1.82, 2.24) is 15.2 Å². The maximum Gasteiger partial charge on any atom is 0.236 e. The van der Waals surface area contributed by atoms with Crippen LogP contribution in [0.15, 0.2) is 42.5 Å². The van der Waals surface area contributed by atoms with Gasteiger partial charge in [0.15, 0.2) is 11.5 Å². The highest BCUT2D eigenvalue weighted by atomic mass is 32.1. The molecule has 3 aromatic rings. The Balaban J connectivity index is 1.17. The van der Waals surface area contributed by atoms with E-state index in [0.29, 0.717) is 31.6 Å². The molecule has 7 heteroatoms. The maximum absolute atomic E-state index is 13.0. The lowest BCUT2D eigenvalue weighted by molar-refractivity contribution is -0.131. The van der Waals surface area contributed by atoms with E-state index >= 15 is 0 Å². The second-order valence-corrected chi connectivity index (χ2v) is 10.2. The van der Waals surface area contributed by atoms with Crippen molar-refractivity contribution in [1.29, 1.82) is 0 Å². The number of amides is 1. The Morgan fingerprint density at radius 3 is 2.64 bits per heavy atom. The number of aromatic nitrogens is 1. The van der Waals surface area contributed by atoms with Crippen molar-refractivity contribution in [3.8, 4) is 11.5 Å². The number of likely N-dealkylation sites (tertiary alicyclic amines) is 1. The Kier molecular flexibility index (Phi) is 6.51. The van der Waals surface area contributed by atoms with Crippen molar-refractivity contribution < 1.29 is 14.3 Å². The number of para-hydroxylation sites is 1. The first-order valence-corrected chi connectivity index (χ1v) is 12.7. The highest BCUT2D eigenvalue weighted by Crippen LogP contribution is 2.35. The summed E-state index contributed by atoms with van der Waals surface area (Å²) in [5.74, 6) is 2.53. The second kappa shape index (κ2) is 9.69. The Morgan fingerprint density at radius 2 is 1.88 bits per heavy atom. The Bertz CT molecular complexity index is 1090. The minimum Gasteiger partial charge on any atom is -0.486 e. The highest BCUT2D eigenvalue weighted by Gasteiger charge is 2.27. The largest absolute Gasteiger partial charge is 0.486 e. The molecule has 0 aliphatic carbocycles. The van der Waals surface area contributed by atoms with Gasteiger partial charge in [0, 0.05) is 25.0 Å². The van der Waals surface area contributed by atoms with Crippen LogP contribution in [0.4, 0.5) is 0 Å². The quantitative estimate of drug-likeness (QED) is 0.569. The van der Waals surface area contributed by atoms with Crippen LogP contribution >= 0.6 is 11.3 Å². The second-order valence-electron chi connectivity index (χ2n) is 9.18. The van der Waals surface area contributed by atoms with Gasteiger partial charge in [-0.3, -0.25) is 4.79 Å². The van der Waals surface area contributed by atoms with E-state index in [0.717, 1.165) is 48.5 Å². The number of hydrogen-bond donors (Lipinski definition) is 1. The topological polar surface area (TPSA) is 63.7 Å². The zero-order chi connectivity index (χ0) is 22.8. The minimum absolute atomic E-state index is 0.0741. The van der Waals surface area contributed by atoms with E-state index in [1.165, 1.54) is 9.71 Å². The summed E-state index contributed by atoms with van der Waals surface area (Å²) in [6.45, 7) is 7.41. The first kappa shape index (κ1) is 22.2. The van der Waals surface area contributed by atoms with Crippen molar-refractivity contribution in [3.05, 3.63) is 53.0 Å². The number of hydrogen-bond acceptors (Lipinski definition) is 6. The number of piperidine rings is 1. The van der Waals surface area contributed by atoms with Crippen LogP contribution in [0.5, 0.6) is 11.5 Å². The molecule has 5 rings (SSSR count). The average molecular weight is 466 g/mol. The number of thiazole rings is 1. The first-order valence-electron chi connectivity index (χ1n) is 11.8. The molecule has 3 heterocycles. The number of carbonyl (C=O) groups excluding carboxylic acids is 1. The molecule has 1 amide bonds. The fraction of sp³-hybridized carbons (Fsp3) is 0.462. The lowest BCUT2D eigenvalue weighted by Crippen LogP contribution is -2.43. The molecule has 1 saturated heterocycles. The molecular weight excluding hydrogens is 434 g/mol. The summed E-state index contributed by atoms with van der Waals surface area (Å²) < 4.78 is 12.6. The van der Waals surface area contributed by atoms with Crippen molar-refractivity contribution in [2.75, 3.05) is 32.8 Å². The normalized spacial score (nSPS) is 17.5. The lowest BCUT2D eigenvalue weighted by atomic mass is 9.95. The van der Waals surface area contributed by atoms with Gasteiger partial charge in [0.2, 0.25) is 5.91 Å². The molecule has 2 aliphatic heterocycles. The zero-order valence-corrected chi connectivity index (χ0v) is 20.1. The van der Waals surface area contributed by atoms with Crippen LogP contribution in [0.2, 0.25) is 0 Å². The monoisotopic (exact) mass is 465 g/mol. The summed E-state index contributed by atoms with van der Waals surface area (Å²) in [7, 11) is 0. The number of fused-ring (bicyclic) bond motifs is 2. The van der Waals surface area contributed by atoms with E-state index in [4.69, 9.17) is 14.5 Å². The molecular formula is C26H31N3O3S. The van der Waals surface area contributed by atoms with E-state index in [-0.39, 0.29) is 11.9 Å². The van der Waals surface area contributed by atoms with Gasteiger partial charge in [0.05, 0.1) is 21.8 Å². The summed E-state index contributed by atoms with van der Waals surface area (Å²) in [4.78, 5) is 19.8. The lowest BCUT2D eigenvalue weighted by Gasteiger charge is -2.32. The van der Waals surface area contributed by atoms with Gasteiger partial charge in [0.25, 0.3) is 0 Å². The summed E-state index contributed by atoms with van der Waals surface area (Å²) in [5.41, 5.74) is 2.20. The van der Waals surface area contributed by atoms with Gasteiger partial charge in [-0.15, -0.1) is 11.3 Å². The van der Waals surface area contributed by atoms with E-state index < -0.39 is 0 Å². The summed E-state index contributed by atoms with van der Waals surface area (Å²) >= 11 is 1.79. The van der Waals surface area contributed by atoms with Gasteiger partial charge < -0.3 is 19.7 Å². The van der Waals surface area contributed by atoms with Crippen LogP contribution in [0.3, 0.4) is 0 Å². The minimum atomic E-state index is 0.0741. The standard InChI is InChI=1S/C26H31N3O3S/c1-17(2)25(19-7-8-21-22(15-19)32-14-13-31-21)27-16-24(30)29-11-9-18(10-12-29)26-28-20-5-3-4-6-23(20)33-26/h3-8,15,17-18,25,27H,9-14,16H2,1-2H3/t25-/m0/s1. The van der Waals surface area contributed by atoms with Crippen LogP contribution in [-0.4, -0.2) is 48.6 Å². The molecule has 0 bridgehead atoms. The third-order valence-electron chi connectivity index (χ3n) is 6.57. The Morgan fingerprint density at radius 1 is 1.12 bits per heavy atom. The van der Waals surface area contributed by atoms with Crippen LogP contribution in [0.1, 0.15) is 49.2 Å². The maximum atomic E-state index is 13.0. The molecule has 1 atom stereocenters. The molecule has 0 spiro atoms. The van der Waals surface area contributed by atoms with Crippen molar-refractivity contribution in [3.63, 3.8) is 0 Å². The molecule has 33 heavy (non-hydrogen) atoms. The Labute approximate surface area is 198 Å². The third-order valence-corrected chi connectivity index (χ3v) is 7.77. The smallest absolute Gasteiger partial charge is 0.236 e. The summed E-state index contributed by atoms with van der Waals surface area (Å²) in [6, 6.07) is 14.5. The van der Waals surface area contributed by atoms with Gasteiger partial charge in [-0.1, -0.05) is 32.0 Å². The van der Waals surface area contributed by atoms with E-state index in [1.54, 1.807) is 11.3 Å². The van der Waals surface area contributed by atoms with Gasteiger partial charge in [-0.2, -0.15) is 0 Å². The van der Waals surface area contributed by atoms with Gasteiger partial charge >= 0.3 is 0 Å². The first-order chi connectivity index (χ1) is 16.1. The molecule has 1 N–H and O–H groups in total. The number of benzene rings is 2. The number of carbonyl (C=O) groups is 1. The van der Waals surface area contributed by atoms with Gasteiger partial charge in [-0.05, 0) is 48.6 Å². The average Bonchev–Trinajstić information content (AvgIpc) is 3.28. The predicted octanol–water partition coefficient (Wildman–Crippen LogP) is 4.76. The zero-order valence-electron chi connectivity index (χ0n) is 19.3. The molecule has 0 saturated carbocycles. The summed E-state index contributed by atoms with van der Waals surface area (Å²) in [6.07, 6.45) is 1.95. The number of rotatable bonds is 6. The molecule has 0 unspecified atom stereocenters. The Hall–Kier alpha value is -2.64. The van der Waals surface area contributed by atoms with Crippen molar-refractivity contribution in [2.45, 2.75) is 38.6 Å². The van der Waals surface area contributed by atoms with Crippen molar-refractivity contribution in [2.24, 2.45) is 5.92 Å². The third kappa shape index (κ3) is 4.84. The fourth-order valence-corrected chi connectivity index (χ4v) is 5.88. The van der Waals surface area contributed by atoms with Gasteiger partial charge in [-0.25, -0.2) is 4.98 Å². The molecule has 174 valence electrons. The predicted molar refractivity (Wildman–Crippen MR) is 131 cm³/mol. The molecule has 2 aliphatic rings.